The van der Waals surface area contributed by atoms with Crippen molar-refractivity contribution in [3.8, 4) is 0 Å². The summed E-state index contributed by atoms with van der Waals surface area (Å²) in [5, 5.41) is 0.0966. The predicted octanol–water partition coefficient (Wildman–Crippen LogP) is 4.06. The molecule has 0 aliphatic heterocycles. The van der Waals surface area contributed by atoms with Crippen LogP contribution in [0.2, 0.25) is 5.15 Å². The van der Waals surface area contributed by atoms with Crippen molar-refractivity contribution in [2.75, 3.05) is 4.72 Å². The van der Waals surface area contributed by atoms with Crippen LogP contribution in [-0.2, 0) is 10.0 Å². The van der Waals surface area contributed by atoms with Gasteiger partial charge in [0.05, 0.1) is 5.69 Å². The second kappa shape index (κ2) is 5.78. The molecule has 1 aromatic carbocycles. The number of halogens is 3. The van der Waals surface area contributed by atoms with Gasteiger partial charge in [0.1, 0.15) is 4.90 Å². The lowest BCUT2D eigenvalue weighted by molar-refractivity contribution is 0.600. The molecule has 0 aliphatic carbocycles. The Morgan fingerprint density at radius 2 is 1.95 bits per heavy atom. The SMILES string of the molecule is O=S(=O)(Nc1cccnc1Cl)c1ccc(Br)cc1Br. The molecule has 0 saturated carbocycles. The third-order valence-electron chi connectivity index (χ3n) is 2.19. The average Bonchev–Trinajstić information content (AvgIpc) is 2.31. The minimum Gasteiger partial charge on any atom is -0.276 e. The molecule has 2 aromatic rings. The second-order valence-electron chi connectivity index (χ2n) is 3.52. The van der Waals surface area contributed by atoms with Gasteiger partial charge in [-0.25, -0.2) is 13.4 Å². The van der Waals surface area contributed by atoms with Crippen LogP contribution in [0.5, 0.6) is 0 Å². The number of hydrogen-bond donors (Lipinski definition) is 1. The van der Waals surface area contributed by atoms with Crippen molar-refractivity contribution >= 4 is 59.2 Å². The highest BCUT2D eigenvalue weighted by Gasteiger charge is 2.19. The summed E-state index contributed by atoms with van der Waals surface area (Å²) in [6, 6.07) is 7.92. The first-order valence-electron chi connectivity index (χ1n) is 4.98. The molecule has 8 heteroatoms. The van der Waals surface area contributed by atoms with E-state index >= 15 is 0 Å². The van der Waals surface area contributed by atoms with Gasteiger partial charge in [0.2, 0.25) is 0 Å². The van der Waals surface area contributed by atoms with E-state index in [0.29, 0.717) is 4.47 Å². The molecule has 2 rings (SSSR count). The standard InChI is InChI=1S/C11H7Br2ClN2O2S/c12-7-3-4-10(8(13)6-7)19(17,18)16-9-2-1-5-15-11(9)14/h1-6,16H. The van der Waals surface area contributed by atoms with E-state index < -0.39 is 10.0 Å². The normalized spacial score (nSPS) is 11.3. The van der Waals surface area contributed by atoms with Crippen LogP contribution >= 0.6 is 43.5 Å². The van der Waals surface area contributed by atoms with Gasteiger partial charge in [-0.15, -0.1) is 0 Å². The van der Waals surface area contributed by atoms with Crippen LogP contribution in [0.15, 0.2) is 50.4 Å². The van der Waals surface area contributed by atoms with Crippen molar-refractivity contribution in [2.45, 2.75) is 4.90 Å². The zero-order chi connectivity index (χ0) is 14.0. The molecule has 0 aliphatic rings. The summed E-state index contributed by atoms with van der Waals surface area (Å²) in [6.45, 7) is 0. The van der Waals surface area contributed by atoms with Gasteiger partial charge in [0.25, 0.3) is 10.0 Å². The summed E-state index contributed by atoms with van der Waals surface area (Å²) in [5.41, 5.74) is 0.235. The average molecular weight is 427 g/mol. The molecule has 0 atom stereocenters. The highest BCUT2D eigenvalue weighted by Crippen LogP contribution is 2.28. The molecule has 0 bridgehead atoms. The monoisotopic (exact) mass is 424 g/mol. The number of nitrogens with one attached hydrogen (secondary N) is 1. The number of rotatable bonds is 3. The molecule has 0 fully saturated rings. The maximum atomic E-state index is 12.2. The molecule has 0 unspecified atom stereocenters. The Morgan fingerprint density at radius 1 is 1.21 bits per heavy atom. The van der Waals surface area contributed by atoms with Crippen molar-refractivity contribution in [2.24, 2.45) is 0 Å². The fourth-order valence-electron chi connectivity index (χ4n) is 1.36. The number of benzene rings is 1. The van der Waals surface area contributed by atoms with Gasteiger partial charge in [-0.3, -0.25) is 4.72 Å². The van der Waals surface area contributed by atoms with Gasteiger partial charge in [-0.1, -0.05) is 27.5 Å². The van der Waals surface area contributed by atoms with Crippen LogP contribution in [0.3, 0.4) is 0 Å². The van der Waals surface area contributed by atoms with Crippen molar-refractivity contribution in [3.05, 3.63) is 50.6 Å². The van der Waals surface area contributed by atoms with Crippen LogP contribution in [-0.4, -0.2) is 13.4 Å². The van der Waals surface area contributed by atoms with Crippen molar-refractivity contribution in [1.82, 2.24) is 4.98 Å². The Hall–Kier alpha value is -0.630. The fourth-order valence-corrected chi connectivity index (χ4v) is 4.39. The van der Waals surface area contributed by atoms with Crippen LogP contribution in [0.4, 0.5) is 5.69 Å². The predicted molar refractivity (Wildman–Crippen MR) is 81.9 cm³/mol. The highest BCUT2D eigenvalue weighted by molar-refractivity contribution is 9.11. The minimum atomic E-state index is -3.73. The number of sulfonamides is 1. The van der Waals surface area contributed by atoms with Gasteiger partial charge in [0.15, 0.2) is 5.15 Å². The summed E-state index contributed by atoms with van der Waals surface area (Å²) < 4.78 is 28.1. The van der Waals surface area contributed by atoms with Gasteiger partial charge < -0.3 is 0 Å². The van der Waals surface area contributed by atoms with Crippen LogP contribution < -0.4 is 4.72 Å². The number of aromatic nitrogens is 1. The Kier molecular flexibility index (Phi) is 4.50. The van der Waals surface area contributed by atoms with Crippen LogP contribution in [0, 0.1) is 0 Å². The number of anilines is 1. The first kappa shape index (κ1) is 14.8. The van der Waals surface area contributed by atoms with Gasteiger partial charge in [0, 0.05) is 15.1 Å². The third kappa shape index (κ3) is 3.47. The van der Waals surface area contributed by atoms with E-state index in [1.807, 2.05) is 0 Å². The third-order valence-corrected chi connectivity index (χ3v) is 5.32. The van der Waals surface area contributed by atoms with E-state index in [-0.39, 0.29) is 15.7 Å². The van der Waals surface area contributed by atoms with Crippen molar-refractivity contribution in [1.29, 1.82) is 0 Å². The molecule has 0 spiro atoms. The topological polar surface area (TPSA) is 59.1 Å². The lowest BCUT2D eigenvalue weighted by atomic mass is 10.4. The fraction of sp³-hybridized carbons (Fsp3) is 0. The molecule has 4 nitrogen and oxygen atoms in total. The lowest BCUT2D eigenvalue weighted by Gasteiger charge is -2.10. The van der Waals surface area contributed by atoms with E-state index in [2.05, 4.69) is 41.6 Å². The van der Waals surface area contributed by atoms with E-state index in [0.717, 1.165) is 4.47 Å². The van der Waals surface area contributed by atoms with Gasteiger partial charge in [-0.05, 0) is 46.3 Å². The summed E-state index contributed by atoms with van der Waals surface area (Å²) in [6.07, 6.45) is 1.48. The van der Waals surface area contributed by atoms with Gasteiger partial charge >= 0.3 is 0 Å². The Balaban J connectivity index is 2.41. The smallest absolute Gasteiger partial charge is 0.263 e. The van der Waals surface area contributed by atoms with Crippen LogP contribution in [0.1, 0.15) is 0 Å². The first-order valence-corrected chi connectivity index (χ1v) is 8.43. The lowest BCUT2D eigenvalue weighted by Crippen LogP contribution is -2.14. The van der Waals surface area contributed by atoms with Crippen molar-refractivity contribution in [3.63, 3.8) is 0 Å². The molecular weight excluding hydrogens is 419 g/mol. The van der Waals surface area contributed by atoms with E-state index in [4.69, 9.17) is 11.6 Å². The Morgan fingerprint density at radius 3 is 2.58 bits per heavy atom. The quantitative estimate of drug-likeness (QED) is 0.753. The van der Waals surface area contributed by atoms with E-state index in [9.17, 15) is 8.42 Å². The number of pyridine rings is 1. The molecular formula is C11H7Br2ClN2O2S. The summed E-state index contributed by atoms with van der Waals surface area (Å²) in [7, 11) is -3.73. The molecule has 19 heavy (non-hydrogen) atoms. The molecule has 1 heterocycles. The molecule has 0 saturated heterocycles. The Bertz CT molecular complexity index is 722. The molecule has 1 N–H and O–H groups in total. The van der Waals surface area contributed by atoms with Crippen LogP contribution in [0.25, 0.3) is 0 Å². The zero-order valence-corrected chi connectivity index (χ0v) is 14.0. The molecule has 0 radical (unpaired) electrons. The number of hydrogen-bond acceptors (Lipinski definition) is 3. The van der Waals surface area contributed by atoms with E-state index in [1.54, 1.807) is 24.3 Å². The van der Waals surface area contributed by atoms with Gasteiger partial charge in [-0.2, -0.15) is 0 Å². The number of nitrogens with zero attached hydrogens (tertiary/aromatic N) is 1. The molecule has 100 valence electrons. The summed E-state index contributed by atoms with van der Waals surface area (Å²) >= 11 is 12.3. The first-order chi connectivity index (χ1) is 8.90. The summed E-state index contributed by atoms with van der Waals surface area (Å²) in [4.78, 5) is 3.93. The van der Waals surface area contributed by atoms with Crippen molar-refractivity contribution < 1.29 is 8.42 Å². The minimum absolute atomic E-state index is 0.0966. The maximum Gasteiger partial charge on any atom is 0.263 e. The van der Waals surface area contributed by atoms with E-state index in [1.165, 1.54) is 12.3 Å². The largest absolute Gasteiger partial charge is 0.276 e. The summed E-state index contributed by atoms with van der Waals surface area (Å²) in [5.74, 6) is 0. The molecule has 1 aromatic heterocycles. The second-order valence-corrected chi connectivity index (χ2v) is 7.30. The maximum absolute atomic E-state index is 12.2. The molecule has 0 amide bonds. The highest BCUT2D eigenvalue weighted by atomic mass is 79.9. The zero-order valence-electron chi connectivity index (χ0n) is 9.27. The Labute approximate surface area is 132 Å².